The fourth-order valence-corrected chi connectivity index (χ4v) is 4.65. The van der Waals surface area contributed by atoms with Crippen molar-refractivity contribution in [1.82, 2.24) is 9.78 Å². The predicted molar refractivity (Wildman–Crippen MR) is 81.2 cm³/mol. The summed E-state index contributed by atoms with van der Waals surface area (Å²) in [6.45, 7) is 0.884. The number of hydrogen-bond donors (Lipinski definition) is 0. The Labute approximate surface area is 135 Å². The summed E-state index contributed by atoms with van der Waals surface area (Å²) in [5.74, 6) is -2.82. The van der Waals surface area contributed by atoms with E-state index in [1.807, 2.05) is 0 Å². The molecule has 0 amide bonds. The van der Waals surface area contributed by atoms with E-state index in [2.05, 4.69) is 5.10 Å². The first-order chi connectivity index (χ1) is 10.8. The van der Waals surface area contributed by atoms with Crippen LogP contribution in [0.5, 0.6) is 0 Å². The number of nitrogens with zero attached hydrogens (tertiary/aromatic N) is 2. The first kappa shape index (κ1) is 16.4. The molecule has 1 aromatic rings. The number of ether oxygens (including phenoxy) is 1. The van der Waals surface area contributed by atoms with Crippen LogP contribution in [0.25, 0.3) is 0 Å². The van der Waals surface area contributed by atoms with Gasteiger partial charge in [0.2, 0.25) is 0 Å². The van der Waals surface area contributed by atoms with Crippen molar-refractivity contribution in [2.24, 2.45) is 18.9 Å². The minimum absolute atomic E-state index is 0.0475. The minimum atomic E-state index is -2.93. The molecule has 3 rings (SSSR count). The molecule has 2 saturated carbocycles. The molecule has 0 N–H and O–H groups in total. The van der Waals surface area contributed by atoms with E-state index in [0.29, 0.717) is 0 Å². The van der Waals surface area contributed by atoms with Crippen molar-refractivity contribution in [2.75, 3.05) is 7.11 Å². The molecule has 6 heteroatoms. The van der Waals surface area contributed by atoms with Gasteiger partial charge in [-0.1, -0.05) is 6.42 Å². The molecule has 128 valence electrons. The Kier molecular flexibility index (Phi) is 3.97. The summed E-state index contributed by atoms with van der Waals surface area (Å²) in [5, 5.41) is 4.04. The quantitative estimate of drug-likeness (QED) is 0.798. The Morgan fingerprint density at radius 1 is 1.43 bits per heavy atom. The van der Waals surface area contributed by atoms with Gasteiger partial charge in [-0.15, -0.1) is 0 Å². The highest BCUT2D eigenvalue weighted by molar-refractivity contribution is 5.73. The molecule has 0 spiro atoms. The number of aryl methyl sites for hydroxylation is 1. The third-order valence-electron chi connectivity index (χ3n) is 5.76. The summed E-state index contributed by atoms with van der Waals surface area (Å²) in [6.07, 6.45) is 5.46. The number of fused-ring (bicyclic) bond motifs is 2. The topological polar surface area (TPSA) is 44.1 Å². The van der Waals surface area contributed by atoms with E-state index in [1.54, 1.807) is 17.8 Å². The van der Waals surface area contributed by atoms with Crippen molar-refractivity contribution in [3.8, 4) is 0 Å². The number of carbonyl (C=O) groups excluding carboxylic acids is 1. The van der Waals surface area contributed by atoms with Gasteiger partial charge in [0.25, 0.3) is 5.92 Å². The molecule has 2 bridgehead atoms. The van der Waals surface area contributed by atoms with E-state index in [0.717, 1.165) is 51.1 Å². The number of esters is 1. The van der Waals surface area contributed by atoms with Gasteiger partial charge in [0.1, 0.15) is 5.69 Å². The van der Waals surface area contributed by atoms with Gasteiger partial charge in [0.05, 0.1) is 13.0 Å². The maximum Gasteiger partial charge on any atom is 0.308 e. The number of halogens is 2. The second-order valence-electron chi connectivity index (χ2n) is 7.23. The van der Waals surface area contributed by atoms with Crippen LogP contribution >= 0.6 is 0 Å². The largest absolute Gasteiger partial charge is 0.469 e. The van der Waals surface area contributed by atoms with Crippen LogP contribution in [0.15, 0.2) is 6.07 Å². The SMILES string of the molecule is COC(=O)C1CCC2(c3cc(C(C)(F)F)nn3C)CCCC1C2. The Morgan fingerprint density at radius 3 is 2.78 bits per heavy atom. The molecule has 0 aromatic carbocycles. The first-order valence-corrected chi connectivity index (χ1v) is 8.27. The van der Waals surface area contributed by atoms with Gasteiger partial charge in [-0.3, -0.25) is 9.48 Å². The fraction of sp³-hybridized carbons (Fsp3) is 0.765. The minimum Gasteiger partial charge on any atom is -0.469 e. The monoisotopic (exact) mass is 326 g/mol. The second kappa shape index (κ2) is 5.56. The van der Waals surface area contributed by atoms with Gasteiger partial charge in [-0.25, -0.2) is 0 Å². The van der Waals surface area contributed by atoms with Gasteiger partial charge in [-0.05, 0) is 44.1 Å². The van der Waals surface area contributed by atoms with Crippen molar-refractivity contribution >= 4 is 5.97 Å². The molecule has 23 heavy (non-hydrogen) atoms. The van der Waals surface area contributed by atoms with E-state index < -0.39 is 5.92 Å². The number of methoxy groups -OCH3 is 1. The zero-order valence-corrected chi connectivity index (χ0v) is 13.9. The lowest BCUT2D eigenvalue weighted by atomic mass is 9.57. The molecule has 3 atom stereocenters. The molecule has 4 nitrogen and oxygen atoms in total. The van der Waals surface area contributed by atoms with Crippen molar-refractivity contribution in [3.05, 3.63) is 17.5 Å². The van der Waals surface area contributed by atoms with E-state index in [1.165, 1.54) is 7.11 Å². The van der Waals surface area contributed by atoms with Gasteiger partial charge in [-0.2, -0.15) is 13.9 Å². The highest BCUT2D eigenvalue weighted by Gasteiger charge is 2.48. The molecular formula is C17H24F2N2O2. The summed E-state index contributed by atoms with van der Waals surface area (Å²) < 4.78 is 33.8. The van der Waals surface area contributed by atoms with E-state index in [-0.39, 0.29) is 28.9 Å². The van der Waals surface area contributed by atoms with Crippen LogP contribution in [0, 0.1) is 11.8 Å². The Bertz CT molecular complexity index is 608. The zero-order chi connectivity index (χ0) is 16.8. The molecule has 2 aliphatic rings. The van der Waals surface area contributed by atoms with Gasteiger partial charge in [0.15, 0.2) is 0 Å². The number of hydrogen-bond acceptors (Lipinski definition) is 3. The molecule has 2 fully saturated rings. The Hall–Kier alpha value is -1.46. The van der Waals surface area contributed by atoms with Crippen LogP contribution in [0.3, 0.4) is 0 Å². The number of aromatic nitrogens is 2. The number of alkyl halides is 2. The van der Waals surface area contributed by atoms with Crippen LogP contribution in [0.4, 0.5) is 8.78 Å². The molecule has 1 aromatic heterocycles. The zero-order valence-electron chi connectivity index (χ0n) is 13.9. The van der Waals surface area contributed by atoms with Crippen LogP contribution < -0.4 is 0 Å². The Balaban J connectivity index is 1.91. The summed E-state index contributed by atoms with van der Waals surface area (Å²) in [6, 6.07) is 1.57. The lowest BCUT2D eigenvalue weighted by Gasteiger charge is -2.47. The average molecular weight is 326 g/mol. The molecule has 2 aliphatic carbocycles. The standard InChI is InChI=1S/C17H24F2N2O2/c1-16(18,19)13-9-14(21(2)20-13)17-7-4-5-11(10-17)12(6-8-17)15(22)23-3/h9,11-12H,4-8,10H2,1-3H3. The van der Waals surface area contributed by atoms with Crippen molar-refractivity contribution in [1.29, 1.82) is 0 Å². The van der Waals surface area contributed by atoms with Crippen LogP contribution in [-0.4, -0.2) is 22.9 Å². The molecule has 3 unspecified atom stereocenters. The van der Waals surface area contributed by atoms with E-state index in [4.69, 9.17) is 4.74 Å². The van der Waals surface area contributed by atoms with Gasteiger partial charge in [0, 0.05) is 25.1 Å². The van der Waals surface area contributed by atoms with Gasteiger partial charge < -0.3 is 4.74 Å². The highest BCUT2D eigenvalue weighted by Crippen LogP contribution is 2.53. The molecule has 0 saturated heterocycles. The second-order valence-corrected chi connectivity index (χ2v) is 7.23. The molecule has 1 heterocycles. The normalized spacial score (nSPS) is 31.0. The first-order valence-electron chi connectivity index (χ1n) is 8.27. The molecule has 0 radical (unpaired) electrons. The number of rotatable bonds is 3. The third kappa shape index (κ3) is 2.76. The predicted octanol–water partition coefficient (Wildman–Crippen LogP) is 3.54. The maximum absolute atomic E-state index is 13.6. The highest BCUT2D eigenvalue weighted by atomic mass is 19.3. The average Bonchev–Trinajstić information content (AvgIpc) is 2.90. The molecule has 0 aliphatic heterocycles. The fourth-order valence-electron chi connectivity index (χ4n) is 4.65. The maximum atomic E-state index is 13.6. The summed E-state index contributed by atoms with van der Waals surface area (Å²) >= 11 is 0. The van der Waals surface area contributed by atoms with Crippen molar-refractivity contribution in [2.45, 2.75) is 56.8 Å². The lowest BCUT2D eigenvalue weighted by Crippen LogP contribution is -2.44. The summed E-state index contributed by atoms with van der Waals surface area (Å²) in [7, 11) is 3.18. The molecular weight excluding hydrogens is 302 g/mol. The summed E-state index contributed by atoms with van der Waals surface area (Å²) in [4.78, 5) is 12.0. The van der Waals surface area contributed by atoms with Crippen LogP contribution in [0.1, 0.15) is 56.8 Å². The van der Waals surface area contributed by atoms with Crippen molar-refractivity contribution in [3.63, 3.8) is 0 Å². The van der Waals surface area contributed by atoms with E-state index >= 15 is 0 Å². The van der Waals surface area contributed by atoms with Crippen LogP contribution in [0.2, 0.25) is 0 Å². The van der Waals surface area contributed by atoms with Crippen molar-refractivity contribution < 1.29 is 18.3 Å². The van der Waals surface area contributed by atoms with Gasteiger partial charge >= 0.3 is 5.97 Å². The lowest BCUT2D eigenvalue weighted by molar-refractivity contribution is -0.150. The number of carbonyl (C=O) groups is 1. The van der Waals surface area contributed by atoms with E-state index in [9.17, 15) is 13.6 Å². The third-order valence-corrected chi connectivity index (χ3v) is 5.76. The summed E-state index contributed by atoms with van der Waals surface area (Å²) in [5.41, 5.74) is 0.599. The smallest absolute Gasteiger partial charge is 0.308 e. The Morgan fingerprint density at radius 2 is 2.17 bits per heavy atom. The van der Waals surface area contributed by atoms with Crippen LogP contribution in [-0.2, 0) is 27.9 Å².